The summed E-state index contributed by atoms with van der Waals surface area (Å²) in [6.45, 7) is 5.46. The maximum Gasteiger partial charge on any atom is 0.0398 e. The summed E-state index contributed by atoms with van der Waals surface area (Å²) in [4.78, 5) is 2.53. The summed E-state index contributed by atoms with van der Waals surface area (Å²) in [6.07, 6.45) is 5.99. The van der Waals surface area contributed by atoms with Crippen molar-refractivity contribution in [2.75, 3.05) is 24.5 Å². The topological polar surface area (TPSA) is 29.3 Å². The zero-order valence-corrected chi connectivity index (χ0v) is 10.9. The van der Waals surface area contributed by atoms with Gasteiger partial charge in [0.05, 0.1) is 0 Å². The number of hydrogen-bond donors (Lipinski definition) is 1. The molecule has 1 aliphatic rings. The third-order valence-electron chi connectivity index (χ3n) is 3.52. The summed E-state index contributed by atoms with van der Waals surface area (Å²) in [5, 5.41) is 0. The lowest BCUT2D eigenvalue weighted by molar-refractivity contribution is 0.680. The second-order valence-corrected chi connectivity index (χ2v) is 4.95. The van der Waals surface area contributed by atoms with Crippen molar-refractivity contribution in [3.63, 3.8) is 0 Å². The Morgan fingerprint density at radius 3 is 3.00 bits per heavy atom. The molecule has 0 saturated heterocycles. The molecular weight excluding hydrogens is 208 g/mol. The second kappa shape index (κ2) is 6.06. The van der Waals surface area contributed by atoms with Crippen LogP contribution in [0.25, 0.3) is 0 Å². The lowest BCUT2D eigenvalue weighted by Crippen LogP contribution is -2.30. The number of rotatable bonds is 5. The summed E-state index contributed by atoms with van der Waals surface area (Å²) in [6, 6.07) is 6.99. The van der Waals surface area contributed by atoms with E-state index >= 15 is 0 Å². The molecule has 1 aliphatic heterocycles. The highest BCUT2D eigenvalue weighted by atomic mass is 15.1. The molecule has 2 nitrogen and oxygen atoms in total. The summed E-state index contributed by atoms with van der Waals surface area (Å²) in [5.41, 5.74) is 10.0. The van der Waals surface area contributed by atoms with Crippen molar-refractivity contribution in [1.29, 1.82) is 0 Å². The molecule has 1 aromatic rings. The highest BCUT2D eigenvalue weighted by Gasteiger charge is 2.15. The smallest absolute Gasteiger partial charge is 0.0398 e. The van der Waals surface area contributed by atoms with Crippen LogP contribution in [0.2, 0.25) is 0 Å². The number of aryl methyl sites for hydroxylation is 2. The van der Waals surface area contributed by atoms with E-state index in [1.807, 2.05) is 0 Å². The van der Waals surface area contributed by atoms with Gasteiger partial charge in [0, 0.05) is 18.8 Å². The first-order chi connectivity index (χ1) is 8.35. The first kappa shape index (κ1) is 12.4. The Kier molecular flexibility index (Phi) is 4.43. The number of nitrogens with two attached hydrogens (primary N) is 1. The molecule has 17 heavy (non-hydrogen) atoms. The van der Waals surface area contributed by atoms with Gasteiger partial charge in [0.1, 0.15) is 0 Å². The maximum atomic E-state index is 5.57. The van der Waals surface area contributed by atoms with Crippen molar-refractivity contribution in [3.8, 4) is 0 Å². The van der Waals surface area contributed by atoms with Gasteiger partial charge in [-0.1, -0.05) is 19.1 Å². The fourth-order valence-corrected chi connectivity index (χ4v) is 2.69. The lowest BCUT2D eigenvalue weighted by Gasteiger charge is -2.31. The van der Waals surface area contributed by atoms with E-state index in [0.29, 0.717) is 0 Å². The van der Waals surface area contributed by atoms with E-state index in [-0.39, 0.29) is 0 Å². The molecule has 0 atom stereocenters. The zero-order chi connectivity index (χ0) is 12.1. The van der Waals surface area contributed by atoms with E-state index in [4.69, 9.17) is 5.73 Å². The molecule has 1 aromatic carbocycles. The third kappa shape index (κ3) is 3.01. The third-order valence-corrected chi connectivity index (χ3v) is 3.52. The molecule has 2 heteroatoms. The van der Waals surface area contributed by atoms with Crippen LogP contribution in [0.15, 0.2) is 18.2 Å². The first-order valence-electron chi connectivity index (χ1n) is 6.92. The molecule has 94 valence electrons. The molecule has 0 aliphatic carbocycles. The van der Waals surface area contributed by atoms with Crippen LogP contribution in [0.1, 0.15) is 37.3 Å². The maximum absolute atomic E-state index is 5.57. The summed E-state index contributed by atoms with van der Waals surface area (Å²) in [7, 11) is 0. The van der Waals surface area contributed by atoms with Crippen LogP contribution in [-0.4, -0.2) is 19.6 Å². The molecule has 0 amide bonds. The minimum Gasteiger partial charge on any atom is -0.371 e. The number of benzene rings is 1. The van der Waals surface area contributed by atoms with E-state index < -0.39 is 0 Å². The fourth-order valence-electron chi connectivity index (χ4n) is 2.69. The summed E-state index contributed by atoms with van der Waals surface area (Å²) >= 11 is 0. The van der Waals surface area contributed by atoms with E-state index in [0.717, 1.165) is 19.4 Å². The van der Waals surface area contributed by atoms with Gasteiger partial charge >= 0.3 is 0 Å². The van der Waals surface area contributed by atoms with Crippen LogP contribution in [0.5, 0.6) is 0 Å². The molecule has 0 saturated carbocycles. The number of anilines is 1. The van der Waals surface area contributed by atoms with E-state index in [2.05, 4.69) is 30.0 Å². The zero-order valence-electron chi connectivity index (χ0n) is 10.9. The quantitative estimate of drug-likeness (QED) is 0.846. The minimum absolute atomic E-state index is 0.791. The largest absolute Gasteiger partial charge is 0.371 e. The standard InChI is InChI=1S/C15H24N2/c1-2-10-17-11-4-6-14-12-13(5-3-9-16)7-8-15(14)17/h7-8,12H,2-6,9-11,16H2,1H3. The van der Waals surface area contributed by atoms with Crippen molar-refractivity contribution in [2.24, 2.45) is 5.73 Å². The Hall–Kier alpha value is -1.02. The first-order valence-corrected chi connectivity index (χ1v) is 6.92. The Labute approximate surface area is 105 Å². The van der Waals surface area contributed by atoms with Crippen LogP contribution in [0.4, 0.5) is 5.69 Å². The van der Waals surface area contributed by atoms with Crippen LogP contribution >= 0.6 is 0 Å². The van der Waals surface area contributed by atoms with Crippen molar-refractivity contribution >= 4 is 5.69 Å². The van der Waals surface area contributed by atoms with E-state index in [1.165, 1.54) is 43.6 Å². The van der Waals surface area contributed by atoms with Gasteiger partial charge in [-0.05, 0) is 55.8 Å². The normalized spacial score (nSPS) is 14.8. The van der Waals surface area contributed by atoms with Crippen LogP contribution in [-0.2, 0) is 12.8 Å². The highest BCUT2D eigenvalue weighted by molar-refractivity contribution is 5.56. The molecule has 0 spiro atoms. The molecule has 1 heterocycles. The molecule has 0 unspecified atom stereocenters. The van der Waals surface area contributed by atoms with Gasteiger partial charge in [-0.3, -0.25) is 0 Å². The Morgan fingerprint density at radius 1 is 1.35 bits per heavy atom. The van der Waals surface area contributed by atoms with Gasteiger partial charge in [0.25, 0.3) is 0 Å². The number of nitrogens with zero attached hydrogens (tertiary/aromatic N) is 1. The predicted molar refractivity (Wildman–Crippen MR) is 74.6 cm³/mol. The summed E-state index contributed by atoms with van der Waals surface area (Å²) < 4.78 is 0. The summed E-state index contributed by atoms with van der Waals surface area (Å²) in [5.74, 6) is 0. The second-order valence-electron chi connectivity index (χ2n) is 4.95. The van der Waals surface area contributed by atoms with Gasteiger partial charge in [-0.15, -0.1) is 0 Å². The van der Waals surface area contributed by atoms with Gasteiger partial charge in [-0.25, -0.2) is 0 Å². The molecule has 2 rings (SSSR count). The Bertz CT molecular complexity index is 360. The molecule has 0 fully saturated rings. The van der Waals surface area contributed by atoms with E-state index in [1.54, 1.807) is 5.56 Å². The number of hydrogen-bond acceptors (Lipinski definition) is 2. The molecule has 0 aromatic heterocycles. The fraction of sp³-hybridized carbons (Fsp3) is 0.600. The van der Waals surface area contributed by atoms with Crippen molar-refractivity contribution in [2.45, 2.75) is 39.0 Å². The van der Waals surface area contributed by atoms with Crippen molar-refractivity contribution in [1.82, 2.24) is 0 Å². The average molecular weight is 232 g/mol. The molecule has 2 N–H and O–H groups in total. The highest BCUT2D eigenvalue weighted by Crippen LogP contribution is 2.28. The predicted octanol–water partition coefficient (Wildman–Crippen LogP) is 2.74. The van der Waals surface area contributed by atoms with Crippen LogP contribution in [0, 0.1) is 0 Å². The molecule has 0 bridgehead atoms. The van der Waals surface area contributed by atoms with Crippen LogP contribution in [0.3, 0.4) is 0 Å². The average Bonchev–Trinajstić information content (AvgIpc) is 2.37. The Balaban J connectivity index is 2.14. The SMILES string of the molecule is CCCN1CCCc2cc(CCCN)ccc21. The van der Waals surface area contributed by atoms with Gasteiger partial charge in [0.2, 0.25) is 0 Å². The van der Waals surface area contributed by atoms with Gasteiger partial charge < -0.3 is 10.6 Å². The Morgan fingerprint density at radius 2 is 2.24 bits per heavy atom. The lowest BCUT2D eigenvalue weighted by atomic mass is 9.97. The van der Waals surface area contributed by atoms with E-state index in [9.17, 15) is 0 Å². The monoisotopic (exact) mass is 232 g/mol. The van der Waals surface area contributed by atoms with Crippen molar-refractivity contribution in [3.05, 3.63) is 29.3 Å². The molecule has 0 radical (unpaired) electrons. The minimum atomic E-state index is 0.791. The van der Waals surface area contributed by atoms with Crippen molar-refractivity contribution < 1.29 is 0 Å². The molecular formula is C15H24N2. The van der Waals surface area contributed by atoms with Gasteiger partial charge in [-0.2, -0.15) is 0 Å². The van der Waals surface area contributed by atoms with Crippen LogP contribution < -0.4 is 10.6 Å². The van der Waals surface area contributed by atoms with Gasteiger partial charge in [0.15, 0.2) is 0 Å². The number of fused-ring (bicyclic) bond motifs is 1.